The molecule has 0 bridgehead atoms. The van der Waals surface area contributed by atoms with E-state index in [4.69, 9.17) is 0 Å². The summed E-state index contributed by atoms with van der Waals surface area (Å²) in [5, 5.41) is 0. The van der Waals surface area contributed by atoms with Gasteiger partial charge in [0.2, 0.25) is 5.91 Å². The van der Waals surface area contributed by atoms with Crippen LogP contribution in [0.1, 0.15) is 24.8 Å². The number of rotatable bonds is 7. The van der Waals surface area contributed by atoms with E-state index in [1.54, 1.807) is 17.1 Å². The fourth-order valence-electron chi connectivity index (χ4n) is 2.02. The minimum Gasteiger partial charge on any atom is -0.335 e. The third-order valence-electron chi connectivity index (χ3n) is 2.92. The van der Waals surface area contributed by atoms with E-state index in [2.05, 4.69) is 13.2 Å². The van der Waals surface area contributed by atoms with Gasteiger partial charge in [-0.3, -0.25) is 4.79 Å². The van der Waals surface area contributed by atoms with E-state index in [0.29, 0.717) is 13.1 Å². The SMILES string of the molecule is C=CCN(CC=C)C(=O)[C@@H](CC)c1ccccc1. The van der Waals surface area contributed by atoms with Crippen LogP contribution in [0.3, 0.4) is 0 Å². The zero-order chi connectivity index (χ0) is 13.4. The van der Waals surface area contributed by atoms with Crippen molar-refractivity contribution in [3.8, 4) is 0 Å². The average Bonchev–Trinajstić information content (AvgIpc) is 2.40. The zero-order valence-corrected chi connectivity index (χ0v) is 11.0. The molecule has 1 atom stereocenters. The number of benzene rings is 1. The second-order valence-electron chi connectivity index (χ2n) is 4.19. The molecule has 0 aliphatic rings. The fourth-order valence-corrected chi connectivity index (χ4v) is 2.02. The van der Waals surface area contributed by atoms with Crippen LogP contribution >= 0.6 is 0 Å². The summed E-state index contributed by atoms with van der Waals surface area (Å²) in [5.41, 5.74) is 1.07. The smallest absolute Gasteiger partial charge is 0.230 e. The van der Waals surface area contributed by atoms with Gasteiger partial charge in [0, 0.05) is 13.1 Å². The Hall–Kier alpha value is -1.83. The number of nitrogens with zero attached hydrogens (tertiary/aromatic N) is 1. The number of hydrogen-bond acceptors (Lipinski definition) is 1. The van der Waals surface area contributed by atoms with Crippen molar-refractivity contribution in [2.24, 2.45) is 0 Å². The highest BCUT2D eigenvalue weighted by Crippen LogP contribution is 2.21. The Balaban J connectivity index is 2.89. The van der Waals surface area contributed by atoms with Crippen molar-refractivity contribution in [1.29, 1.82) is 0 Å². The molecule has 0 radical (unpaired) electrons. The monoisotopic (exact) mass is 243 g/mol. The number of hydrogen-bond donors (Lipinski definition) is 0. The van der Waals surface area contributed by atoms with Crippen LogP contribution in [0.2, 0.25) is 0 Å². The van der Waals surface area contributed by atoms with Crippen LogP contribution in [-0.2, 0) is 4.79 Å². The number of carbonyl (C=O) groups is 1. The Morgan fingerprint density at radius 1 is 1.22 bits per heavy atom. The average molecular weight is 243 g/mol. The Morgan fingerprint density at radius 2 is 1.78 bits per heavy atom. The lowest BCUT2D eigenvalue weighted by Gasteiger charge is -2.25. The Kier molecular flexibility index (Phi) is 5.92. The highest BCUT2D eigenvalue weighted by atomic mass is 16.2. The Bertz CT molecular complexity index is 387. The van der Waals surface area contributed by atoms with Crippen molar-refractivity contribution < 1.29 is 4.79 Å². The summed E-state index contributed by atoms with van der Waals surface area (Å²) in [6, 6.07) is 9.91. The van der Waals surface area contributed by atoms with Crippen LogP contribution in [-0.4, -0.2) is 23.9 Å². The van der Waals surface area contributed by atoms with Crippen LogP contribution < -0.4 is 0 Å². The topological polar surface area (TPSA) is 20.3 Å². The minimum atomic E-state index is -0.0777. The molecule has 96 valence electrons. The molecule has 2 nitrogen and oxygen atoms in total. The van der Waals surface area contributed by atoms with Crippen LogP contribution in [0.4, 0.5) is 0 Å². The van der Waals surface area contributed by atoms with E-state index >= 15 is 0 Å². The van der Waals surface area contributed by atoms with Gasteiger partial charge in [-0.1, -0.05) is 49.4 Å². The van der Waals surface area contributed by atoms with Crippen molar-refractivity contribution in [1.82, 2.24) is 4.90 Å². The molecule has 0 fully saturated rings. The maximum atomic E-state index is 12.5. The van der Waals surface area contributed by atoms with E-state index < -0.39 is 0 Å². The molecule has 1 aromatic carbocycles. The molecule has 0 aromatic heterocycles. The second kappa shape index (κ2) is 7.49. The Labute approximate surface area is 110 Å². The molecule has 0 aliphatic heterocycles. The highest BCUT2D eigenvalue weighted by molar-refractivity contribution is 5.84. The largest absolute Gasteiger partial charge is 0.335 e. The summed E-state index contributed by atoms with van der Waals surface area (Å²) in [4.78, 5) is 14.3. The van der Waals surface area contributed by atoms with Gasteiger partial charge in [-0.2, -0.15) is 0 Å². The van der Waals surface area contributed by atoms with Crippen LogP contribution in [0.5, 0.6) is 0 Å². The third-order valence-corrected chi connectivity index (χ3v) is 2.92. The molecule has 1 amide bonds. The van der Waals surface area contributed by atoms with Gasteiger partial charge in [0.15, 0.2) is 0 Å². The van der Waals surface area contributed by atoms with E-state index in [-0.39, 0.29) is 11.8 Å². The predicted molar refractivity (Wildman–Crippen MR) is 76.4 cm³/mol. The molecule has 2 heteroatoms. The van der Waals surface area contributed by atoms with Gasteiger partial charge >= 0.3 is 0 Å². The molecule has 0 unspecified atom stereocenters. The second-order valence-corrected chi connectivity index (χ2v) is 4.19. The summed E-state index contributed by atoms with van der Waals surface area (Å²) < 4.78 is 0. The van der Waals surface area contributed by atoms with Gasteiger partial charge in [-0.05, 0) is 12.0 Å². The summed E-state index contributed by atoms with van der Waals surface area (Å²) in [7, 11) is 0. The van der Waals surface area contributed by atoms with Crippen molar-refractivity contribution in [3.05, 3.63) is 61.2 Å². The van der Waals surface area contributed by atoms with E-state index in [0.717, 1.165) is 12.0 Å². The van der Waals surface area contributed by atoms with Gasteiger partial charge in [0.1, 0.15) is 0 Å². The fraction of sp³-hybridized carbons (Fsp3) is 0.312. The molecule has 0 N–H and O–H groups in total. The molecular weight excluding hydrogens is 222 g/mol. The molecule has 0 spiro atoms. The summed E-state index contributed by atoms with van der Waals surface area (Å²) in [6.07, 6.45) is 4.30. The third kappa shape index (κ3) is 3.59. The minimum absolute atomic E-state index is 0.0777. The van der Waals surface area contributed by atoms with Gasteiger partial charge in [0.05, 0.1) is 5.92 Å². The maximum absolute atomic E-state index is 12.5. The lowest BCUT2D eigenvalue weighted by molar-refractivity contribution is -0.131. The lowest BCUT2D eigenvalue weighted by atomic mass is 9.95. The predicted octanol–water partition coefficient (Wildman–Crippen LogP) is 3.38. The molecule has 1 rings (SSSR count). The summed E-state index contributed by atoms with van der Waals surface area (Å²) >= 11 is 0. The van der Waals surface area contributed by atoms with Crippen molar-refractivity contribution >= 4 is 5.91 Å². The van der Waals surface area contributed by atoms with E-state index in [9.17, 15) is 4.79 Å². The van der Waals surface area contributed by atoms with E-state index in [1.165, 1.54) is 0 Å². The van der Waals surface area contributed by atoms with Gasteiger partial charge in [-0.15, -0.1) is 13.2 Å². The standard InChI is InChI=1S/C16H21NO/c1-4-12-17(13-5-2)16(18)15(6-3)14-10-8-7-9-11-14/h4-5,7-11,15H,1-2,6,12-13H2,3H3/t15-/m0/s1. The van der Waals surface area contributed by atoms with Gasteiger partial charge < -0.3 is 4.90 Å². The van der Waals surface area contributed by atoms with Crippen LogP contribution in [0.15, 0.2) is 55.6 Å². The normalized spacial score (nSPS) is 11.6. The van der Waals surface area contributed by atoms with Gasteiger partial charge in [-0.25, -0.2) is 0 Å². The van der Waals surface area contributed by atoms with Crippen LogP contribution in [0.25, 0.3) is 0 Å². The number of carbonyl (C=O) groups excluding carboxylic acids is 1. The number of amides is 1. The lowest BCUT2D eigenvalue weighted by Crippen LogP contribution is -2.35. The van der Waals surface area contributed by atoms with Crippen LogP contribution in [0, 0.1) is 0 Å². The first-order valence-electron chi connectivity index (χ1n) is 6.30. The highest BCUT2D eigenvalue weighted by Gasteiger charge is 2.22. The first-order valence-corrected chi connectivity index (χ1v) is 6.30. The molecule has 0 heterocycles. The molecule has 1 aromatic rings. The van der Waals surface area contributed by atoms with Gasteiger partial charge in [0.25, 0.3) is 0 Å². The molecule has 0 aliphatic carbocycles. The first kappa shape index (κ1) is 14.2. The summed E-state index contributed by atoms with van der Waals surface area (Å²) in [5.74, 6) is 0.0644. The molecular formula is C16H21NO. The first-order chi connectivity index (χ1) is 8.74. The van der Waals surface area contributed by atoms with Crippen molar-refractivity contribution in [2.75, 3.05) is 13.1 Å². The quantitative estimate of drug-likeness (QED) is 0.672. The molecule has 18 heavy (non-hydrogen) atoms. The van der Waals surface area contributed by atoms with E-state index in [1.807, 2.05) is 37.3 Å². The van der Waals surface area contributed by atoms with Crippen molar-refractivity contribution in [3.63, 3.8) is 0 Å². The molecule has 0 saturated heterocycles. The maximum Gasteiger partial charge on any atom is 0.230 e. The zero-order valence-electron chi connectivity index (χ0n) is 11.0. The molecule has 0 saturated carbocycles. The summed E-state index contributed by atoms with van der Waals surface area (Å²) in [6.45, 7) is 10.6. The Morgan fingerprint density at radius 3 is 2.22 bits per heavy atom. The van der Waals surface area contributed by atoms with Crippen molar-refractivity contribution in [2.45, 2.75) is 19.3 Å².